The first-order chi connectivity index (χ1) is 14.5. The van der Waals surface area contributed by atoms with Gasteiger partial charge in [0.1, 0.15) is 13.2 Å². The predicted octanol–water partition coefficient (Wildman–Crippen LogP) is 3.91. The van der Waals surface area contributed by atoms with Crippen molar-refractivity contribution in [1.29, 1.82) is 0 Å². The number of hydrogen-bond acceptors (Lipinski definition) is 5. The van der Waals surface area contributed by atoms with Crippen LogP contribution in [0, 0.1) is 0 Å². The van der Waals surface area contributed by atoms with Gasteiger partial charge in [-0.2, -0.15) is 0 Å². The maximum Gasteiger partial charge on any atom is 0.252 e. The Balaban J connectivity index is 1.68. The van der Waals surface area contributed by atoms with Gasteiger partial charge in [-0.3, -0.25) is 9.59 Å². The van der Waals surface area contributed by atoms with Gasteiger partial charge in [-0.25, -0.2) is 0 Å². The van der Waals surface area contributed by atoms with Crippen molar-refractivity contribution in [2.75, 3.05) is 32.2 Å². The number of ether oxygens (including phenoxy) is 3. The smallest absolute Gasteiger partial charge is 0.252 e. The average Bonchev–Trinajstić information content (AvgIpc) is 2.75. The molecule has 158 valence electrons. The fraction of sp³-hybridized carbons (Fsp3) is 0.273. The number of benzene rings is 2. The van der Waals surface area contributed by atoms with Gasteiger partial charge >= 0.3 is 0 Å². The molecule has 1 aliphatic heterocycles. The first kappa shape index (κ1) is 21.5. The van der Waals surface area contributed by atoms with Gasteiger partial charge in [-0.15, -0.1) is 0 Å². The molecule has 0 aromatic heterocycles. The Hall–Kier alpha value is -3.19. The second kappa shape index (κ2) is 10.0. The van der Waals surface area contributed by atoms with E-state index in [1.807, 2.05) is 6.92 Å². The van der Waals surface area contributed by atoms with Crippen molar-refractivity contribution >= 4 is 35.2 Å². The summed E-state index contributed by atoms with van der Waals surface area (Å²) in [4.78, 5) is 24.3. The van der Waals surface area contributed by atoms with E-state index in [0.29, 0.717) is 48.3 Å². The third-order valence-electron chi connectivity index (χ3n) is 4.29. The summed E-state index contributed by atoms with van der Waals surface area (Å²) in [5.41, 5.74) is 1.58. The molecule has 30 heavy (non-hydrogen) atoms. The van der Waals surface area contributed by atoms with E-state index in [1.54, 1.807) is 43.5 Å². The standard InChI is InChI=1S/C22H23ClN2O5/c1-3-8-24-22(27)16-6-5-15(13-17(16)23)25-20(26)7-4-14-11-18(28-2)21-19(12-14)29-9-10-30-21/h4-7,11-13H,3,8-10H2,1-2H3,(H,24,27)(H,25,26). The van der Waals surface area contributed by atoms with Crippen molar-refractivity contribution < 1.29 is 23.8 Å². The molecule has 0 aliphatic carbocycles. The lowest BCUT2D eigenvalue weighted by molar-refractivity contribution is -0.111. The SMILES string of the molecule is CCCNC(=O)c1ccc(NC(=O)C=Cc2cc(OC)c3c(c2)OCCO3)cc1Cl. The lowest BCUT2D eigenvalue weighted by atomic mass is 10.1. The first-order valence-electron chi connectivity index (χ1n) is 9.56. The van der Waals surface area contributed by atoms with Crippen molar-refractivity contribution in [2.45, 2.75) is 13.3 Å². The fourth-order valence-electron chi connectivity index (χ4n) is 2.86. The molecule has 0 radical (unpaired) electrons. The summed E-state index contributed by atoms with van der Waals surface area (Å²) < 4.78 is 16.5. The number of nitrogens with one attached hydrogen (secondary N) is 2. The van der Waals surface area contributed by atoms with Gasteiger partial charge in [-0.1, -0.05) is 18.5 Å². The number of halogens is 1. The minimum Gasteiger partial charge on any atom is -0.493 e. The highest BCUT2D eigenvalue weighted by molar-refractivity contribution is 6.34. The largest absolute Gasteiger partial charge is 0.493 e. The highest BCUT2D eigenvalue weighted by Crippen LogP contribution is 2.40. The summed E-state index contributed by atoms with van der Waals surface area (Å²) in [7, 11) is 1.55. The summed E-state index contributed by atoms with van der Waals surface area (Å²) in [6, 6.07) is 8.30. The monoisotopic (exact) mass is 430 g/mol. The van der Waals surface area contributed by atoms with Gasteiger partial charge in [0.05, 0.1) is 17.7 Å². The Labute approximate surface area is 180 Å². The molecule has 8 heteroatoms. The van der Waals surface area contributed by atoms with Crippen molar-refractivity contribution in [3.63, 3.8) is 0 Å². The highest BCUT2D eigenvalue weighted by Gasteiger charge is 2.18. The van der Waals surface area contributed by atoms with Gasteiger partial charge in [0.15, 0.2) is 11.5 Å². The molecule has 0 bridgehead atoms. The average molecular weight is 431 g/mol. The minimum absolute atomic E-state index is 0.243. The minimum atomic E-state index is -0.344. The molecule has 1 heterocycles. The maximum absolute atomic E-state index is 12.3. The zero-order valence-electron chi connectivity index (χ0n) is 16.8. The fourth-order valence-corrected chi connectivity index (χ4v) is 3.12. The molecular weight excluding hydrogens is 408 g/mol. The Kier molecular flexibility index (Phi) is 7.19. The van der Waals surface area contributed by atoms with E-state index in [4.69, 9.17) is 25.8 Å². The van der Waals surface area contributed by atoms with Crippen molar-refractivity contribution in [3.05, 3.63) is 52.6 Å². The third-order valence-corrected chi connectivity index (χ3v) is 4.61. The normalized spacial score (nSPS) is 12.5. The number of rotatable bonds is 7. The van der Waals surface area contributed by atoms with Crippen LogP contribution in [0.1, 0.15) is 29.3 Å². The van der Waals surface area contributed by atoms with Crippen LogP contribution in [0.4, 0.5) is 5.69 Å². The van der Waals surface area contributed by atoms with Crippen LogP contribution in [0.2, 0.25) is 5.02 Å². The number of carbonyl (C=O) groups is 2. The molecule has 2 aromatic rings. The van der Waals surface area contributed by atoms with Gasteiger partial charge < -0.3 is 24.8 Å². The topological polar surface area (TPSA) is 85.9 Å². The summed E-state index contributed by atoms with van der Waals surface area (Å²) in [6.45, 7) is 3.46. The Morgan fingerprint density at radius 1 is 1.20 bits per heavy atom. The summed E-state index contributed by atoms with van der Waals surface area (Å²) in [6.07, 6.45) is 3.87. The van der Waals surface area contributed by atoms with E-state index in [-0.39, 0.29) is 16.8 Å². The number of hydrogen-bond donors (Lipinski definition) is 2. The maximum atomic E-state index is 12.3. The molecule has 0 saturated heterocycles. The van der Waals surface area contributed by atoms with Crippen LogP contribution < -0.4 is 24.8 Å². The van der Waals surface area contributed by atoms with Crippen LogP contribution in [0.15, 0.2) is 36.4 Å². The van der Waals surface area contributed by atoms with Gasteiger partial charge in [-0.05, 0) is 48.4 Å². The molecule has 1 aliphatic rings. The lowest BCUT2D eigenvalue weighted by Gasteiger charge is -2.20. The number of anilines is 1. The van der Waals surface area contributed by atoms with E-state index in [9.17, 15) is 9.59 Å². The molecule has 3 rings (SSSR count). The zero-order valence-corrected chi connectivity index (χ0v) is 17.5. The molecular formula is C22H23ClN2O5. The van der Waals surface area contributed by atoms with Gasteiger partial charge in [0.25, 0.3) is 5.91 Å². The molecule has 2 N–H and O–H groups in total. The Morgan fingerprint density at radius 2 is 2.00 bits per heavy atom. The molecule has 2 amide bonds. The molecule has 0 fully saturated rings. The van der Waals surface area contributed by atoms with E-state index in [2.05, 4.69) is 10.6 Å². The Morgan fingerprint density at radius 3 is 2.73 bits per heavy atom. The summed E-state index contributed by atoms with van der Waals surface area (Å²) in [5.74, 6) is 1.08. The van der Waals surface area contributed by atoms with Gasteiger partial charge in [0.2, 0.25) is 11.7 Å². The third kappa shape index (κ3) is 5.24. The number of carbonyl (C=O) groups excluding carboxylic acids is 2. The van der Waals surface area contributed by atoms with E-state index in [0.717, 1.165) is 12.0 Å². The van der Waals surface area contributed by atoms with E-state index in [1.165, 1.54) is 6.08 Å². The van der Waals surface area contributed by atoms with Crippen LogP contribution in [0.5, 0.6) is 17.2 Å². The van der Waals surface area contributed by atoms with Crippen molar-refractivity contribution in [3.8, 4) is 17.2 Å². The number of methoxy groups -OCH3 is 1. The molecule has 2 aromatic carbocycles. The molecule has 0 spiro atoms. The second-order valence-electron chi connectivity index (χ2n) is 6.52. The molecule has 0 saturated carbocycles. The summed E-state index contributed by atoms with van der Waals surface area (Å²) >= 11 is 6.19. The first-order valence-corrected chi connectivity index (χ1v) is 9.94. The van der Waals surface area contributed by atoms with Crippen molar-refractivity contribution in [1.82, 2.24) is 5.32 Å². The lowest BCUT2D eigenvalue weighted by Crippen LogP contribution is -2.24. The van der Waals surface area contributed by atoms with Crippen molar-refractivity contribution in [2.24, 2.45) is 0 Å². The van der Waals surface area contributed by atoms with Crippen LogP contribution in [0.25, 0.3) is 6.08 Å². The predicted molar refractivity (Wildman–Crippen MR) is 116 cm³/mol. The Bertz CT molecular complexity index is 957. The number of amides is 2. The summed E-state index contributed by atoms with van der Waals surface area (Å²) in [5, 5.41) is 5.76. The van der Waals surface area contributed by atoms with Gasteiger partial charge in [0, 0.05) is 18.3 Å². The number of fused-ring (bicyclic) bond motifs is 1. The van der Waals surface area contributed by atoms with Crippen LogP contribution in [-0.2, 0) is 4.79 Å². The quantitative estimate of drug-likeness (QED) is 0.650. The van der Waals surface area contributed by atoms with Crippen LogP contribution >= 0.6 is 11.6 Å². The molecule has 0 unspecified atom stereocenters. The zero-order chi connectivity index (χ0) is 21.5. The van der Waals surface area contributed by atoms with Crippen LogP contribution in [-0.4, -0.2) is 38.7 Å². The second-order valence-corrected chi connectivity index (χ2v) is 6.93. The van der Waals surface area contributed by atoms with Crippen LogP contribution in [0.3, 0.4) is 0 Å². The molecule has 7 nitrogen and oxygen atoms in total. The van der Waals surface area contributed by atoms with E-state index < -0.39 is 0 Å². The van der Waals surface area contributed by atoms with E-state index >= 15 is 0 Å². The highest BCUT2D eigenvalue weighted by atomic mass is 35.5. The molecule has 0 atom stereocenters.